The first kappa shape index (κ1) is 19.6. The number of fused-ring (bicyclic) bond motifs is 1. The van der Waals surface area contributed by atoms with Gasteiger partial charge in [0.1, 0.15) is 0 Å². The molecule has 0 spiro atoms. The van der Waals surface area contributed by atoms with Crippen LogP contribution in [0.2, 0.25) is 0 Å². The van der Waals surface area contributed by atoms with Crippen LogP contribution in [0.1, 0.15) is 36.9 Å². The molecule has 3 aromatic rings. The molecule has 1 amide bonds. The van der Waals surface area contributed by atoms with Crippen LogP contribution in [0.15, 0.2) is 66.7 Å². The quantitative estimate of drug-likeness (QED) is 0.610. The Morgan fingerprint density at radius 1 is 1.00 bits per heavy atom. The van der Waals surface area contributed by atoms with E-state index in [2.05, 4.69) is 10.0 Å². The fourth-order valence-corrected chi connectivity index (χ4v) is 4.75. The van der Waals surface area contributed by atoms with Gasteiger partial charge in [-0.1, -0.05) is 54.6 Å². The highest BCUT2D eigenvalue weighted by molar-refractivity contribution is 7.88. The molecule has 0 bridgehead atoms. The van der Waals surface area contributed by atoms with E-state index in [0.29, 0.717) is 0 Å². The Hall–Kier alpha value is -2.70. The van der Waals surface area contributed by atoms with Gasteiger partial charge in [0.15, 0.2) is 0 Å². The lowest BCUT2D eigenvalue weighted by atomic mass is 10.1. The lowest BCUT2D eigenvalue weighted by Crippen LogP contribution is -2.28. The van der Waals surface area contributed by atoms with Crippen molar-refractivity contribution < 1.29 is 13.2 Å². The summed E-state index contributed by atoms with van der Waals surface area (Å²) in [7, 11) is -3.50. The number of nitrogens with one attached hydrogen (secondary N) is 2. The van der Waals surface area contributed by atoms with E-state index in [4.69, 9.17) is 0 Å². The molecule has 2 N–H and O–H groups in total. The van der Waals surface area contributed by atoms with Gasteiger partial charge in [-0.05, 0) is 53.8 Å². The predicted octanol–water partition coefficient (Wildman–Crippen LogP) is 4.37. The molecule has 6 heteroatoms. The molecule has 29 heavy (non-hydrogen) atoms. The summed E-state index contributed by atoms with van der Waals surface area (Å²) in [4.78, 5) is 11.8. The van der Waals surface area contributed by atoms with Gasteiger partial charge in [0.2, 0.25) is 15.9 Å². The van der Waals surface area contributed by atoms with Crippen LogP contribution >= 0.6 is 0 Å². The van der Waals surface area contributed by atoms with Crippen LogP contribution < -0.4 is 10.0 Å². The minimum atomic E-state index is -3.50. The molecule has 5 nitrogen and oxygen atoms in total. The highest BCUT2D eigenvalue weighted by atomic mass is 32.2. The van der Waals surface area contributed by atoms with Crippen LogP contribution in [0.4, 0.5) is 5.69 Å². The molecule has 1 aliphatic carbocycles. The minimum absolute atomic E-state index is 0.0573. The normalized spacial score (nSPS) is 15.2. The summed E-state index contributed by atoms with van der Waals surface area (Å²) in [5.74, 6) is 0.134. The number of benzene rings is 3. The van der Waals surface area contributed by atoms with E-state index in [1.54, 1.807) is 0 Å². The van der Waals surface area contributed by atoms with Crippen molar-refractivity contribution >= 4 is 32.4 Å². The summed E-state index contributed by atoms with van der Waals surface area (Å²) in [5, 5.41) is 5.00. The second kappa shape index (κ2) is 7.97. The maximum Gasteiger partial charge on any atom is 0.227 e. The van der Waals surface area contributed by atoms with Gasteiger partial charge in [0.05, 0.1) is 5.75 Å². The average Bonchev–Trinajstić information content (AvgIpc) is 3.53. The summed E-state index contributed by atoms with van der Waals surface area (Å²) < 4.78 is 28.0. The Morgan fingerprint density at radius 3 is 2.38 bits per heavy atom. The zero-order valence-electron chi connectivity index (χ0n) is 16.3. The van der Waals surface area contributed by atoms with Crippen LogP contribution in [0.5, 0.6) is 0 Å². The van der Waals surface area contributed by atoms with Gasteiger partial charge >= 0.3 is 0 Å². The monoisotopic (exact) mass is 408 g/mol. The first-order valence-corrected chi connectivity index (χ1v) is 11.4. The Labute approximate surface area is 171 Å². The summed E-state index contributed by atoms with van der Waals surface area (Å²) >= 11 is 0. The molecule has 150 valence electrons. The lowest BCUT2D eigenvalue weighted by Gasteiger charge is -2.15. The summed E-state index contributed by atoms with van der Waals surface area (Å²) in [6.45, 7) is 1.82. The third-order valence-corrected chi connectivity index (χ3v) is 6.58. The Morgan fingerprint density at radius 2 is 1.69 bits per heavy atom. The van der Waals surface area contributed by atoms with E-state index in [0.717, 1.165) is 40.4 Å². The summed E-state index contributed by atoms with van der Waals surface area (Å²) in [6.07, 6.45) is 1.92. The zero-order valence-corrected chi connectivity index (χ0v) is 17.1. The van der Waals surface area contributed by atoms with E-state index < -0.39 is 10.0 Å². The number of amides is 1. The fourth-order valence-electron chi connectivity index (χ4n) is 3.37. The molecule has 1 unspecified atom stereocenters. The zero-order chi connectivity index (χ0) is 20.4. The van der Waals surface area contributed by atoms with Crippen LogP contribution in [-0.2, 0) is 20.6 Å². The highest BCUT2D eigenvalue weighted by Gasteiger charge is 2.29. The van der Waals surface area contributed by atoms with Crippen molar-refractivity contribution in [2.24, 2.45) is 5.92 Å². The second-order valence-corrected chi connectivity index (χ2v) is 9.42. The molecule has 1 aliphatic rings. The molecule has 0 radical (unpaired) electrons. The minimum Gasteiger partial charge on any atom is -0.326 e. The first-order chi connectivity index (χ1) is 13.9. The molecule has 0 aliphatic heterocycles. The number of carbonyl (C=O) groups excluding carboxylic acids is 1. The lowest BCUT2D eigenvalue weighted by molar-refractivity contribution is -0.117. The molecule has 1 atom stereocenters. The third-order valence-electron chi connectivity index (χ3n) is 5.15. The number of hydrogen-bond donors (Lipinski definition) is 2. The smallest absolute Gasteiger partial charge is 0.227 e. The molecule has 0 aromatic heterocycles. The van der Waals surface area contributed by atoms with Gasteiger partial charge in [0, 0.05) is 17.6 Å². The Kier molecular flexibility index (Phi) is 5.39. The van der Waals surface area contributed by atoms with Crippen molar-refractivity contribution in [2.75, 3.05) is 5.32 Å². The van der Waals surface area contributed by atoms with Crippen LogP contribution in [-0.4, -0.2) is 14.3 Å². The standard InChI is InChI=1S/C23H24N2O3S/c1-16(18-10-12-22(13-11-18)24-23(26)20-8-9-20)25-29(27,28)15-17-6-7-19-4-2-3-5-21(19)14-17/h2-7,10-14,16,20,25H,8-9,15H2,1H3,(H,24,26). The van der Waals surface area contributed by atoms with Crippen LogP contribution in [0.25, 0.3) is 10.8 Å². The van der Waals surface area contributed by atoms with Gasteiger partial charge in [-0.25, -0.2) is 13.1 Å². The molecular formula is C23H24N2O3S. The molecule has 4 rings (SSSR count). The number of carbonyl (C=O) groups is 1. The van der Waals surface area contributed by atoms with Crippen molar-refractivity contribution in [3.05, 3.63) is 77.9 Å². The number of anilines is 1. The van der Waals surface area contributed by atoms with Crippen molar-refractivity contribution in [1.29, 1.82) is 0 Å². The Balaban J connectivity index is 1.40. The molecule has 1 saturated carbocycles. The van der Waals surface area contributed by atoms with Crippen molar-refractivity contribution in [3.8, 4) is 0 Å². The van der Waals surface area contributed by atoms with Gasteiger partial charge in [0.25, 0.3) is 0 Å². The van der Waals surface area contributed by atoms with Crippen molar-refractivity contribution in [1.82, 2.24) is 4.72 Å². The van der Waals surface area contributed by atoms with E-state index in [-0.39, 0.29) is 23.6 Å². The summed E-state index contributed by atoms with van der Waals surface area (Å²) in [5.41, 5.74) is 2.33. The van der Waals surface area contributed by atoms with Crippen molar-refractivity contribution in [3.63, 3.8) is 0 Å². The number of rotatable bonds is 7. The van der Waals surface area contributed by atoms with Gasteiger partial charge in [-0.3, -0.25) is 4.79 Å². The average molecular weight is 409 g/mol. The van der Waals surface area contributed by atoms with Gasteiger partial charge < -0.3 is 5.32 Å². The molecule has 0 heterocycles. The fraction of sp³-hybridized carbons (Fsp3) is 0.261. The van der Waals surface area contributed by atoms with E-state index in [1.807, 2.05) is 73.7 Å². The van der Waals surface area contributed by atoms with Crippen LogP contribution in [0.3, 0.4) is 0 Å². The topological polar surface area (TPSA) is 75.3 Å². The highest BCUT2D eigenvalue weighted by Crippen LogP contribution is 2.30. The SMILES string of the molecule is CC(NS(=O)(=O)Cc1ccc2ccccc2c1)c1ccc(NC(=O)C2CC2)cc1. The first-order valence-electron chi connectivity index (χ1n) is 9.78. The maximum absolute atomic E-state index is 12.6. The molecular weight excluding hydrogens is 384 g/mol. The number of hydrogen-bond acceptors (Lipinski definition) is 3. The van der Waals surface area contributed by atoms with Crippen molar-refractivity contribution in [2.45, 2.75) is 31.6 Å². The second-order valence-electron chi connectivity index (χ2n) is 7.67. The van der Waals surface area contributed by atoms with E-state index in [1.165, 1.54) is 0 Å². The Bertz CT molecular complexity index is 1140. The third kappa shape index (κ3) is 5.02. The van der Waals surface area contributed by atoms with E-state index in [9.17, 15) is 13.2 Å². The molecule has 1 fully saturated rings. The van der Waals surface area contributed by atoms with Gasteiger partial charge in [-0.2, -0.15) is 0 Å². The number of sulfonamides is 1. The van der Waals surface area contributed by atoms with Gasteiger partial charge in [-0.15, -0.1) is 0 Å². The predicted molar refractivity (Wildman–Crippen MR) is 116 cm³/mol. The van der Waals surface area contributed by atoms with Crippen LogP contribution in [0, 0.1) is 5.92 Å². The molecule has 3 aromatic carbocycles. The molecule has 0 saturated heterocycles. The summed E-state index contributed by atoms with van der Waals surface area (Å²) in [6, 6.07) is 20.5. The van der Waals surface area contributed by atoms with E-state index >= 15 is 0 Å². The maximum atomic E-state index is 12.6. The largest absolute Gasteiger partial charge is 0.326 e.